The monoisotopic (exact) mass is 419 g/mol. The summed E-state index contributed by atoms with van der Waals surface area (Å²) in [6.45, 7) is 6.15. The van der Waals surface area contributed by atoms with Crippen LogP contribution in [0.25, 0.3) is 11.0 Å². The number of amides is 1. The van der Waals surface area contributed by atoms with E-state index in [2.05, 4.69) is 19.2 Å². The number of benzene rings is 2. The van der Waals surface area contributed by atoms with Gasteiger partial charge in [0.1, 0.15) is 12.2 Å². The van der Waals surface area contributed by atoms with Gasteiger partial charge in [-0.2, -0.15) is 0 Å². The Balaban J connectivity index is 1.50. The highest BCUT2D eigenvalue weighted by Gasteiger charge is 2.29. The third kappa shape index (κ3) is 4.68. The topological polar surface area (TPSA) is 85.6 Å². The van der Waals surface area contributed by atoms with Crippen LogP contribution in [0.5, 0.6) is 0 Å². The van der Waals surface area contributed by atoms with Gasteiger partial charge in [0, 0.05) is 28.6 Å². The number of esters is 1. The summed E-state index contributed by atoms with van der Waals surface area (Å²) in [5.41, 5.74) is 3.83. The summed E-state index contributed by atoms with van der Waals surface area (Å²) in [4.78, 5) is 36.3. The highest BCUT2D eigenvalue weighted by molar-refractivity contribution is 5.95. The molecule has 1 N–H and O–H groups in total. The molecule has 2 aromatic carbocycles. The summed E-state index contributed by atoms with van der Waals surface area (Å²) < 4.78 is 10.8. The zero-order valence-electron chi connectivity index (χ0n) is 17.9. The van der Waals surface area contributed by atoms with Gasteiger partial charge in [-0.3, -0.25) is 4.79 Å². The molecule has 1 amide bonds. The van der Waals surface area contributed by atoms with E-state index in [1.54, 1.807) is 24.3 Å². The van der Waals surface area contributed by atoms with Crippen LogP contribution < -0.4 is 10.9 Å². The van der Waals surface area contributed by atoms with Crippen molar-refractivity contribution in [3.05, 3.63) is 75.1 Å². The molecule has 1 aromatic heterocycles. The molecule has 1 saturated carbocycles. The van der Waals surface area contributed by atoms with Gasteiger partial charge in [0.25, 0.3) is 0 Å². The van der Waals surface area contributed by atoms with Gasteiger partial charge < -0.3 is 14.5 Å². The lowest BCUT2D eigenvalue weighted by Gasteiger charge is -2.13. The van der Waals surface area contributed by atoms with Crippen LogP contribution in [0.1, 0.15) is 59.7 Å². The molecule has 0 saturated heterocycles. The largest absolute Gasteiger partial charge is 0.457 e. The van der Waals surface area contributed by atoms with Crippen molar-refractivity contribution in [3.63, 3.8) is 0 Å². The number of hydrogen-bond acceptors (Lipinski definition) is 5. The average molecular weight is 419 g/mol. The fourth-order valence-electron chi connectivity index (χ4n) is 3.64. The van der Waals surface area contributed by atoms with E-state index in [4.69, 9.17) is 9.15 Å². The second-order valence-electron chi connectivity index (χ2n) is 8.37. The van der Waals surface area contributed by atoms with Gasteiger partial charge in [-0.1, -0.05) is 13.8 Å². The standard InChI is InChI=1S/C25H25NO5/c1-14(2)20-12-21-18(11-23(27)31-22(21)10-15(20)3)13-30-25(29)17-6-8-19(9-7-17)26-24(28)16-4-5-16/h6-12,14,16H,4-5,13H2,1-3H3,(H,26,28). The predicted molar refractivity (Wildman–Crippen MR) is 118 cm³/mol. The number of carbonyl (C=O) groups is 2. The molecule has 1 aliphatic carbocycles. The smallest absolute Gasteiger partial charge is 0.338 e. The first-order valence-corrected chi connectivity index (χ1v) is 10.5. The van der Waals surface area contributed by atoms with E-state index in [9.17, 15) is 14.4 Å². The minimum atomic E-state index is -0.502. The number of anilines is 1. The summed E-state index contributed by atoms with van der Waals surface area (Å²) in [6.07, 6.45) is 1.86. The second kappa shape index (κ2) is 8.38. The van der Waals surface area contributed by atoms with Crippen molar-refractivity contribution < 1.29 is 18.7 Å². The van der Waals surface area contributed by atoms with Crippen molar-refractivity contribution in [2.45, 2.75) is 46.1 Å². The van der Waals surface area contributed by atoms with Gasteiger partial charge in [-0.15, -0.1) is 0 Å². The first-order valence-electron chi connectivity index (χ1n) is 10.5. The first kappa shape index (κ1) is 20.8. The molecule has 1 aliphatic rings. The summed E-state index contributed by atoms with van der Waals surface area (Å²) in [6, 6.07) is 11.8. The molecule has 0 aliphatic heterocycles. The van der Waals surface area contributed by atoms with Gasteiger partial charge in [0.2, 0.25) is 5.91 Å². The van der Waals surface area contributed by atoms with E-state index in [1.807, 2.05) is 19.1 Å². The van der Waals surface area contributed by atoms with Crippen LogP contribution in [0.15, 0.2) is 51.7 Å². The minimum absolute atomic E-state index is 0.0149. The Morgan fingerprint density at radius 2 is 1.84 bits per heavy atom. The van der Waals surface area contributed by atoms with Crippen molar-refractivity contribution in [2.24, 2.45) is 5.92 Å². The maximum Gasteiger partial charge on any atom is 0.338 e. The van der Waals surface area contributed by atoms with E-state index in [-0.39, 0.29) is 18.4 Å². The Morgan fingerprint density at radius 1 is 1.13 bits per heavy atom. The average Bonchev–Trinajstić information content (AvgIpc) is 3.57. The highest BCUT2D eigenvalue weighted by atomic mass is 16.5. The van der Waals surface area contributed by atoms with E-state index in [0.29, 0.717) is 28.3 Å². The highest BCUT2D eigenvalue weighted by Crippen LogP contribution is 2.30. The van der Waals surface area contributed by atoms with Crippen LogP contribution in [0.3, 0.4) is 0 Å². The number of hydrogen-bond donors (Lipinski definition) is 1. The Morgan fingerprint density at radius 3 is 2.48 bits per heavy atom. The molecule has 1 heterocycles. The lowest BCUT2D eigenvalue weighted by atomic mass is 9.95. The van der Waals surface area contributed by atoms with Crippen LogP contribution in [0, 0.1) is 12.8 Å². The maximum absolute atomic E-state index is 12.5. The van der Waals surface area contributed by atoms with Gasteiger partial charge in [0.15, 0.2) is 0 Å². The van der Waals surface area contributed by atoms with Crippen LogP contribution in [-0.2, 0) is 16.1 Å². The number of fused-ring (bicyclic) bond motifs is 1. The van der Waals surface area contributed by atoms with Crippen molar-refractivity contribution in [2.75, 3.05) is 5.32 Å². The first-order chi connectivity index (χ1) is 14.8. The van der Waals surface area contributed by atoms with E-state index in [1.165, 1.54) is 6.07 Å². The molecule has 31 heavy (non-hydrogen) atoms. The molecule has 6 nitrogen and oxygen atoms in total. The summed E-state index contributed by atoms with van der Waals surface area (Å²) in [7, 11) is 0. The third-order valence-electron chi connectivity index (χ3n) is 5.53. The van der Waals surface area contributed by atoms with Crippen LogP contribution in [-0.4, -0.2) is 11.9 Å². The Bertz CT molecular complexity index is 1200. The molecule has 1 fully saturated rings. The summed E-state index contributed by atoms with van der Waals surface area (Å²) >= 11 is 0. The van der Waals surface area contributed by atoms with Gasteiger partial charge in [-0.05, 0) is 73.2 Å². The number of nitrogens with one attached hydrogen (secondary N) is 1. The fraction of sp³-hybridized carbons (Fsp3) is 0.320. The van der Waals surface area contributed by atoms with E-state index >= 15 is 0 Å². The number of rotatable bonds is 6. The third-order valence-corrected chi connectivity index (χ3v) is 5.53. The minimum Gasteiger partial charge on any atom is -0.457 e. The molecule has 3 aromatic rings. The molecule has 0 spiro atoms. The molecular weight excluding hydrogens is 394 g/mol. The SMILES string of the molecule is Cc1cc2oc(=O)cc(COC(=O)c3ccc(NC(=O)C4CC4)cc3)c2cc1C(C)C. The molecule has 0 atom stereocenters. The van der Waals surface area contributed by atoms with Crippen molar-refractivity contribution in [3.8, 4) is 0 Å². The molecule has 160 valence electrons. The predicted octanol–water partition coefficient (Wildman–Crippen LogP) is 4.93. The molecule has 0 bridgehead atoms. The Labute approximate surface area is 180 Å². The van der Waals surface area contributed by atoms with Crippen LogP contribution in [0.4, 0.5) is 5.69 Å². The maximum atomic E-state index is 12.5. The Hall–Kier alpha value is -3.41. The van der Waals surface area contributed by atoms with E-state index in [0.717, 1.165) is 29.4 Å². The molecule has 0 radical (unpaired) electrons. The number of carbonyl (C=O) groups excluding carboxylic acids is 2. The van der Waals surface area contributed by atoms with E-state index < -0.39 is 11.6 Å². The normalized spacial score (nSPS) is 13.4. The van der Waals surface area contributed by atoms with Crippen LogP contribution in [0.2, 0.25) is 0 Å². The zero-order chi connectivity index (χ0) is 22.1. The number of aryl methyl sites for hydroxylation is 1. The van der Waals surface area contributed by atoms with Crippen molar-refractivity contribution >= 4 is 28.5 Å². The fourth-order valence-corrected chi connectivity index (χ4v) is 3.64. The van der Waals surface area contributed by atoms with Gasteiger partial charge in [0.05, 0.1) is 5.56 Å². The van der Waals surface area contributed by atoms with Gasteiger partial charge in [-0.25, -0.2) is 9.59 Å². The van der Waals surface area contributed by atoms with Gasteiger partial charge >= 0.3 is 11.6 Å². The zero-order valence-corrected chi connectivity index (χ0v) is 17.9. The Kier molecular flexibility index (Phi) is 5.63. The quantitative estimate of drug-likeness (QED) is 0.452. The van der Waals surface area contributed by atoms with Crippen LogP contribution >= 0.6 is 0 Å². The van der Waals surface area contributed by atoms with Crippen molar-refractivity contribution in [1.82, 2.24) is 0 Å². The summed E-state index contributed by atoms with van der Waals surface area (Å²) in [5.74, 6) is -0.0626. The molecule has 4 rings (SSSR count). The second-order valence-corrected chi connectivity index (χ2v) is 8.37. The molecular formula is C25H25NO5. The van der Waals surface area contributed by atoms with Crippen molar-refractivity contribution in [1.29, 1.82) is 0 Å². The lowest BCUT2D eigenvalue weighted by Crippen LogP contribution is -2.13. The number of ether oxygens (including phenoxy) is 1. The summed E-state index contributed by atoms with van der Waals surface area (Å²) in [5, 5.41) is 3.60. The molecule has 6 heteroatoms. The molecule has 0 unspecified atom stereocenters. The lowest BCUT2D eigenvalue weighted by molar-refractivity contribution is -0.117.